The van der Waals surface area contributed by atoms with Crippen molar-refractivity contribution in [1.29, 1.82) is 0 Å². The zero-order valence-electron chi connectivity index (χ0n) is 20.1. The predicted octanol–water partition coefficient (Wildman–Crippen LogP) is 6.54. The maximum atomic E-state index is 14.9. The van der Waals surface area contributed by atoms with Gasteiger partial charge in [-0.2, -0.15) is 0 Å². The molecule has 11 heteroatoms. The second-order valence-corrected chi connectivity index (χ2v) is 10.7. The van der Waals surface area contributed by atoms with Gasteiger partial charge in [-0.15, -0.1) is 23.2 Å². The highest BCUT2D eigenvalue weighted by Crippen LogP contribution is 2.65. The van der Waals surface area contributed by atoms with Crippen molar-refractivity contribution >= 4 is 63.8 Å². The highest BCUT2D eigenvalue weighted by molar-refractivity contribution is 6.53. The van der Waals surface area contributed by atoms with Crippen LogP contribution in [0.1, 0.15) is 34.3 Å². The van der Waals surface area contributed by atoms with Crippen molar-refractivity contribution in [2.75, 3.05) is 17.7 Å². The van der Waals surface area contributed by atoms with E-state index in [0.717, 1.165) is 12.1 Å². The van der Waals surface area contributed by atoms with Gasteiger partial charge in [-0.1, -0.05) is 29.8 Å². The van der Waals surface area contributed by atoms with E-state index in [1.54, 1.807) is 24.3 Å². The monoisotopic (exact) mass is 580 g/mol. The number of methoxy groups -OCH3 is 1. The molecule has 3 aromatic carbocycles. The summed E-state index contributed by atoms with van der Waals surface area (Å²) in [5.41, 5.74) is 1.59. The number of hydrogen-bond donors (Lipinski definition) is 2. The Morgan fingerprint density at radius 1 is 0.947 bits per heavy atom. The average Bonchev–Trinajstić information content (AvgIpc) is 3.43. The van der Waals surface area contributed by atoms with Gasteiger partial charge in [-0.3, -0.25) is 14.4 Å². The molecule has 1 aliphatic rings. The molecular weight excluding hydrogens is 561 g/mol. The van der Waals surface area contributed by atoms with Crippen molar-refractivity contribution in [2.45, 2.75) is 23.6 Å². The van der Waals surface area contributed by atoms with Crippen molar-refractivity contribution < 1.29 is 27.9 Å². The summed E-state index contributed by atoms with van der Waals surface area (Å²) < 4.78 is 32.0. The molecule has 0 radical (unpaired) electrons. The highest BCUT2D eigenvalue weighted by atomic mass is 35.5. The molecule has 3 aromatic rings. The second kappa shape index (κ2) is 10.9. The Bertz CT molecular complexity index is 1430. The first kappa shape index (κ1) is 27.8. The third-order valence-electron chi connectivity index (χ3n) is 6.09. The van der Waals surface area contributed by atoms with Gasteiger partial charge < -0.3 is 15.4 Å². The number of rotatable bonds is 8. The lowest BCUT2D eigenvalue weighted by molar-refractivity contribution is -0.117. The Hall–Kier alpha value is -3.20. The lowest BCUT2D eigenvalue weighted by Crippen LogP contribution is -2.18. The third-order valence-corrected chi connectivity index (χ3v) is 7.32. The molecule has 0 heterocycles. The van der Waals surface area contributed by atoms with Crippen LogP contribution in [0.3, 0.4) is 0 Å². The first-order valence-corrected chi connectivity index (χ1v) is 12.5. The van der Waals surface area contributed by atoms with Crippen LogP contribution in [0.4, 0.5) is 20.2 Å². The van der Waals surface area contributed by atoms with E-state index < -0.39 is 39.5 Å². The molecule has 1 aliphatic carbocycles. The summed E-state index contributed by atoms with van der Waals surface area (Å²) in [5, 5.41) is 5.05. The zero-order chi connectivity index (χ0) is 27.8. The van der Waals surface area contributed by atoms with Crippen LogP contribution in [0.25, 0.3) is 0 Å². The molecule has 198 valence electrons. The van der Waals surface area contributed by atoms with E-state index >= 15 is 0 Å². The standard InChI is InChI=1S/C27H21Cl3F2N2O4/c1-13(35)33-16-6-3-14(4-7-16)9-22(36)18-11-17(12-21(32)25(18)38-2)34-26(37)24-23(27(24,29)30)15-5-8-20(31)19(28)10-15/h3-8,10-12,23-24H,9H2,1-2H3,(H,33,35)(H,34,37). The van der Waals surface area contributed by atoms with Crippen LogP contribution >= 0.6 is 34.8 Å². The first-order chi connectivity index (χ1) is 17.9. The van der Waals surface area contributed by atoms with Crippen molar-refractivity contribution in [3.63, 3.8) is 0 Å². The van der Waals surface area contributed by atoms with Gasteiger partial charge in [0.15, 0.2) is 17.3 Å². The van der Waals surface area contributed by atoms with E-state index in [1.165, 1.54) is 32.2 Å². The predicted molar refractivity (Wildman–Crippen MR) is 142 cm³/mol. The van der Waals surface area contributed by atoms with E-state index in [-0.39, 0.29) is 34.4 Å². The zero-order valence-corrected chi connectivity index (χ0v) is 22.3. The van der Waals surface area contributed by atoms with Gasteiger partial charge >= 0.3 is 0 Å². The molecule has 38 heavy (non-hydrogen) atoms. The molecule has 0 bridgehead atoms. The first-order valence-electron chi connectivity index (χ1n) is 11.3. The summed E-state index contributed by atoms with van der Waals surface area (Å²) in [6.45, 7) is 1.38. The van der Waals surface area contributed by atoms with E-state index in [9.17, 15) is 23.2 Å². The van der Waals surface area contributed by atoms with Gasteiger partial charge in [0, 0.05) is 36.7 Å². The number of carbonyl (C=O) groups is 3. The minimum Gasteiger partial charge on any atom is -0.493 e. The fraction of sp³-hybridized carbons (Fsp3) is 0.222. The molecule has 1 fully saturated rings. The van der Waals surface area contributed by atoms with Crippen LogP contribution in [-0.2, 0) is 16.0 Å². The largest absolute Gasteiger partial charge is 0.493 e. The summed E-state index contributed by atoms with van der Waals surface area (Å²) in [4.78, 5) is 37.3. The summed E-state index contributed by atoms with van der Waals surface area (Å²) in [6, 6.07) is 12.9. The normalized spacial score (nSPS) is 17.4. The fourth-order valence-corrected chi connectivity index (χ4v) is 5.28. The van der Waals surface area contributed by atoms with Crippen LogP contribution in [0.15, 0.2) is 54.6 Å². The number of anilines is 2. The van der Waals surface area contributed by atoms with Gasteiger partial charge in [0.1, 0.15) is 10.2 Å². The molecule has 6 nitrogen and oxygen atoms in total. The molecule has 2 atom stereocenters. The topological polar surface area (TPSA) is 84.5 Å². The lowest BCUT2D eigenvalue weighted by atomic mass is 10.0. The van der Waals surface area contributed by atoms with Crippen LogP contribution in [0.2, 0.25) is 5.02 Å². The fourth-order valence-electron chi connectivity index (χ4n) is 4.26. The molecule has 0 aliphatic heterocycles. The van der Waals surface area contributed by atoms with Gasteiger partial charge in [0.25, 0.3) is 0 Å². The van der Waals surface area contributed by atoms with Crippen LogP contribution in [-0.4, -0.2) is 29.0 Å². The minimum absolute atomic E-state index is 0.00424. The number of hydrogen-bond acceptors (Lipinski definition) is 4. The highest BCUT2D eigenvalue weighted by Gasteiger charge is 2.67. The van der Waals surface area contributed by atoms with Gasteiger partial charge in [0.05, 0.1) is 23.6 Å². The molecule has 2 N–H and O–H groups in total. The molecule has 0 saturated heterocycles. The summed E-state index contributed by atoms with van der Waals surface area (Å²) in [6.07, 6.45) is -0.0873. The molecule has 2 amide bonds. The average molecular weight is 582 g/mol. The third kappa shape index (κ3) is 5.77. The number of Topliss-reactive ketones (excluding diaryl/α,β-unsaturated/α-hetero) is 1. The van der Waals surface area contributed by atoms with Gasteiger partial charge in [-0.05, 0) is 41.5 Å². The number of nitrogens with one attached hydrogen (secondary N) is 2. The molecule has 1 saturated carbocycles. The number of halogens is 5. The number of ketones is 1. The summed E-state index contributed by atoms with van der Waals surface area (Å²) in [7, 11) is 1.23. The smallest absolute Gasteiger partial charge is 0.231 e. The minimum atomic E-state index is -1.49. The van der Waals surface area contributed by atoms with Crippen molar-refractivity contribution in [3.8, 4) is 5.75 Å². The number of amides is 2. The van der Waals surface area contributed by atoms with Gasteiger partial charge in [-0.25, -0.2) is 8.78 Å². The van der Waals surface area contributed by atoms with E-state index in [2.05, 4.69) is 10.6 Å². The van der Waals surface area contributed by atoms with E-state index in [1.807, 2.05) is 0 Å². The number of ether oxygens (including phenoxy) is 1. The maximum absolute atomic E-state index is 14.9. The Kier molecular flexibility index (Phi) is 7.97. The Balaban J connectivity index is 1.53. The SMILES string of the molecule is COc1c(F)cc(NC(=O)C2C(c3ccc(F)c(Cl)c3)C2(Cl)Cl)cc1C(=O)Cc1ccc(NC(C)=O)cc1. The Morgan fingerprint density at radius 3 is 2.24 bits per heavy atom. The van der Waals surface area contributed by atoms with Gasteiger partial charge in [0.2, 0.25) is 11.8 Å². The molecule has 2 unspecified atom stereocenters. The molecule has 0 spiro atoms. The van der Waals surface area contributed by atoms with E-state index in [0.29, 0.717) is 16.8 Å². The maximum Gasteiger partial charge on any atom is 0.231 e. The summed E-state index contributed by atoms with van der Waals surface area (Å²) >= 11 is 18.5. The molecule has 0 aromatic heterocycles. The Labute approximate surface area is 232 Å². The number of benzene rings is 3. The molecule has 4 rings (SSSR count). The van der Waals surface area contributed by atoms with Crippen molar-refractivity contribution in [2.24, 2.45) is 5.92 Å². The quantitative estimate of drug-likeness (QED) is 0.234. The number of carbonyl (C=O) groups excluding carboxylic acids is 3. The number of alkyl halides is 2. The van der Waals surface area contributed by atoms with Crippen LogP contribution in [0, 0.1) is 17.6 Å². The summed E-state index contributed by atoms with van der Waals surface area (Å²) in [5.74, 6) is -4.65. The van der Waals surface area contributed by atoms with Crippen LogP contribution < -0.4 is 15.4 Å². The van der Waals surface area contributed by atoms with E-state index in [4.69, 9.17) is 39.5 Å². The molecular formula is C27H21Cl3F2N2O4. The van der Waals surface area contributed by atoms with Crippen molar-refractivity contribution in [3.05, 3.63) is 87.9 Å². The Morgan fingerprint density at radius 2 is 1.63 bits per heavy atom. The van der Waals surface area contributed by atoms with Crippen molar-refractivity contribution in [1.82, 2.24) is 0 Å². The lowest BCUT2D eigenvalue weighted by Gasteiger charge is -2.13. The second-order valence-electron chi connectivity index (χ2n) is 8.81. The van der Waals surface area contributed by atoms with Crippen LogP contribution in [0.5, 0.6) is 5.75 Å².